The van der Waals surface area contributed by atoms with E-state index in [2.05, 4.69) is 28.9 Å². The average Bonchev–Trinajstić information content (AvgIpc) is 2.04. The van der Waals surface area contributed by atoms with E-state index in [1.165, 1.54) is 5.56 Å². The minimum absolute atomic E-state index is 0.0295. The van der Waals surface area contributed by atoms with Crippen molar-refractivity contribution in [1.29, 1.82) is 0 Å². The molecule has 0 radical (unpaired) electrons. The van der Waals surface area contributed by atoms with Crippen LogP contribution in [0.15, 0.2) is 22.7 Å². The number of benzene rings is 1. The molecule has 0 heterocycles. The Bertz CT molecular complexity index is 288. The van der Waals surface area contributed by atoms with Gasteiger partial charge in [0.1, 0.15) is 0 Å². The lowest BCUT2D eigenvalue weighted by Gasteiger charge is -2.13. The van der Waals surface area contributed by atoms with Gasteiger partial charge in [0.25, 0.3) is 0 Å². The highest BCUT2D eigenvalue weighted by Gasteiger charge is 2.07. The van der Waals surface area contributed by atoms with Crippen molar-refractivity contribution in [2.24, 2.45) is 5.73 Å². The number of ether oxygens (including phenoxy) is 1. The second-order valence-electron chi connectivity index (χ2n) is 3.06. The molecule has 72 valence electrons. The monoisotopic (exact) mass is 243 g/mol. The molecule has 1 atom stereocenters. The van der Waals surface area contributed by atoms with Crippen LogP contribution in [0, 0.1) is 6.92 Å². The maximum absolute atomic E-state index is 5.92. The van der Waals surface area contributed by atoms with Crippen molar-refractivity contribution in [3.8, 4) is 0 Å². The van der Waals surface area contributed by atoms with Crippen LogP contribution in [0.25, 0.3) is 0 Å². The Hall–Kier alpha value is -0.380. The topological polar surface area (TPSA) is 35.2 Å². The lowest BCUT2D eigenvalue weighted by atomic mass is 10.0. The Morgan fingerprint density at radius 2 is 2.23 bits per heavy atom. The summed E-state index contributed by atoms with van der Waals surface area (Å²) in [6.45, 7) is 2.61. The molecule has 1 aromatic rings. The van der Waals surface area contributed by atoms with Crippen LogP contribution in [0.1, 0.15) is 17.2 Å². The van der Waals surface area contributed by atoms with E-state index in [4.69, 9.17) is 10.5 Å². The van der Waals surface area contributed by atoms with Crippen LogP contribution in [0.3, 0.4) is 0 Å². The largest absolute Gasteiger partial charge is 0.383 e. The van der Waals surface area contributed by atoms with Gasteiger partial charge in [-0.25, -0.2) is 0 Å². The highest BCUT2D eigenvalue weighted by Crippen LogP contribution is 2.20. The molecular formula is C10H14BrNO. The molecule has 0 bridgehead atoms. The molecule has 0 saturated heterocycles. The van der Waals surface area contributed by atoms with Crippen LogP contribution in [-0.2, 0) is 4.74 Å². The molecule has 0 amide bonds. The first-order valence-corrected chi connectivity index (χ1v) is 4.95. The van der Waals surface area contributed by atoms with E-state index in [0.717, 1.165) is 10.0 Å². The molecule has 3 heteroatoms. The lowest BCUT2D eigenvalue weighted by Crippen LogP contribution is -2.17. The van der Waals surface area contributed by atoms with E-state index < -0.39 is 0 Å². The van der Waals surface area contributed by atoms with E-state index in [1.54, 1.807) is 7.11 Å². The van der Waals surface area contributed by atoms with Gasteiger partial charge in [0.2, 0.25) is 0 Å². The molecule has 0 aliphatic heterocycles. The zero-order valence-electron chi connectivity index (χ0n) is 7.88. The third kappa shape index (κ3) is 2.79. The van der Waals surface area contributed by atoms with Crippen LogP contribution in [0.2, 0.25) is 0 Å². The normalized spacial score (nSPS) is 12.9. The van der Waals surface area contributed by atoms with Crippen molar-refractivity contribution in [3.05, 3.63) is 33.8 Å². The average molecular weight is 244 g/mol. The van der Waals surface area contributed by atoms with Crippen molar-refractivity contribution >= 4 is 15.9 Å². The molecule has 0 fully saturated rings. The molecule has 0 saturated carbocycles. The van der Waals surface area contributed by atoms with Gasteiger partial charge in [-0.1, -0.05) is 22.0 Å². The van der Waals surface area contributed by atoms with Crippen molar-refractivity contribution in [2.75, 3.05) is 13.7 Å². The molecule has 2 N–H and O–H groups in total. The minimum atomic E-state index is -0.0295. The van der Waals surface area contributed by atoms with Crippen LogP contribution in [-0.4, -0.2) is 13.7 Å². The van der Waals surface area contributed by atoms with Gasteiger partial charge in [0.05, 0.1) is 12.6 Å². The van der Waals surface area contributed by atoms with Crippen molar-refractivity contribution in [2.45, 2.75) is 13.0 Å². The van der Waals surface area contributed by atoms with Gasteiger partial charge in [-0.15, -0.1) is 0 Å². The molecule has 0 spiro atoms. The van der Waals surface area contributed by atoms with E-state index in [0.29, 0.717) is 6.61 Å². The van der Waals surface area contributed by atoms with E-state index in [-0.39, 0.29) is 6.04 Å². The van der Waals surface area contributed by atoms with Gasteiger partial charge in [-0.3, -0.25) is 0 Å². The Labute approximate surface area is 87.2 Å². The zero-order valence-corrected chi connectivity index (χ0v) is 9.47. The van der Waals surface area contributed by atoms with Gasteiger partial charge >= 0.3 is 0 Å². The fourth-order valence-electron chi connectivity index (χ4n) is 1.32. The third-order valence-corrected chi connectivity index (χ3v) is 2.47. The summed E-state index contributed by atoms with van der Waals surface area (Å²) in [5, 5.41) is 0. The van der Waals surface area contributed by atoms with Crippen molar-refractivity contribution < 1.29 is 4.74 Å². The maximum atomic E-state index is 5.92. The lowest BCUT2D eigenvalue weighted by molar-refractivity contribution is 0.180. The molecule has 1 rings (SSSR count). The Balaban J connectivity index is 2.88. The van der Waals surface area contributed by atoms with Gasteiger partial charge in [0, 0.05) is 11.6 Å². The number of halogens is 1. The summed E-state index contributed by atoms with van der Waals surface area (Å²) in [7, 11) is 1.66. The van der Waals surface area contributed by atoms with Gasteiger partial charge in [-0.05, 0) is 30.2 Å². The molecule has 13 heavy (non-hydrogen) atoms. The first kappa shape index (κ1) is 10.7. The second-order valence-corrected chi connectivity index (χ2v) is 3.98. The van der Waals surface area contributed by atoms with E-state index >= 15 is 0 Å². The Morgan fingerprint density at radius 1 is 1.54 bits per heavy atom. The van der Waals surface area contributed by atoms with Crippen molar-refractivity contribution in [1.82, 2.24) is 0 Å². The SMILES string of the molecule is COC[C@H](N)c1ccc(Br)cc1C. The standard InChI is InChI=1S/C10H14BrNO/c1-7-5-8(11)3-4-9(7)10(12)6-13-2/h3-5,10H,6,12H2,1-2H3/t10-/m0/s1. The highest BCUT2D eigenvalue weighted by atomic mass is 79.9. The summed E-state index contributed by atoms with van der Waals surface area (Å²) in [5.74, 6) is 0. The summed E-state index contributed by atoms with van der Waals surface area (Å²) < 4.78 is 6.09. The first-order chi connectivity index (χ1) is 6.15. The molecule has 0 aliphatic carbocycles. The molecule has 2 nitrogen and oxygen atoms in total. The summed E-state index contributed by atoms with van der Waals surface area (Å²) in [4.78, 5) is 0. The summed E-state index contributed by atoms with van der Waals surface area (Å²) >= 11 is 3.41. The van der Waals surface area contributed by atoms with Crippen LogP contribution in [0.4, 0.5) is 0 Å². The fraction of sp³-hybridized carbons (Fsp3) is 0.400. The number of nitrogens with two attached hydrogens (primary N) is 1. The summed E-state index contributed by atoms with van der Waals surface area (Å²) in [5.41, 5.74) is 8.25. The third-order valence-electron chi connectivity index (χ3n) is 1.98. The van der Waals surface area contributed by atoms with Crippen molar-refractivity contribution in [3.63, 3.8) is 0 Å². The minimum Gasteiger partial charge on any atom is -0.383 e. The van der Waals surface area contributed by atoms with E-state index in [9.17, 15) is 0 Å². The Morgan fingerprint density at radius 3 is 2.77 bits per heavy atom. The number of hydrogen-bond donors (Lipinski definition) is 1. The number of hydrogen-bond acceptors (Lipinski definition) is 2. The van der Waals surface area contributed by atoms with Crippen LogP contribution < -0.4 is 5.73 Å². The number of methoxy groups -OCH3 is 1. The molecular weight excluding hydrogens is 230 g/mol. The van der Waals surface area contributed by atoms with Gasteiger partial charge in [0.15, 0.2) is 0 Å². The molecule has 1 aromatic carbocycles. The van der Waals surface area contributed by atoms with Crippen LogP contribution >= 0.6 is 15.9 Å². The number of aryl methyl sites for hydroxylation is 1. The quantitative estimate of drug-likeness (QED) is 0.886. The highest BCUT2D eigenvalue weighted by molar-refractivity contribution is 9.10. The maximum Gasteiger partial charge on any atom is 0.0655 e. The molecule has 0 unspecified atom stereocenters. The molecule has 0 aliphatic rings. The number of rotatable bonds is 3. The summed E-state index contributed by atoms with van der Waals surface area (Å²) in [6.07, 6.45) is 0. The molecule has 0 aromatic heterocycles. The second kappa shape index (κ2) is 4.74. The van der Waals surface area contributed by atoms with Gasteiger partial charge in [-0.2, -0.15) is 0 Å². The van der Waals surface area contributed by atoms with Crippen LogP contribution in [0.5, 0.6) is 0 Å². The predicted octanol–water partition coefficient (Wildman–Crippen LogP) is 2.40. The zero-order chi connectivity index (χ0) is 9.84. The Kier molecular flexibility index (Phi) is 3.90. The van der Waals surface area contributed by atoms with E-state index in [1.807, 2.05) is 12.1 Å². The van der Waals surface area contributed by atoms with Gasteiger partial charge < -0.3 is 10.5 Å². The first-order valence-electron chi connectivity index (χ1n) is 4.15. The fourth-order valence-corrected chi connectivity index (χ4v) is 1.80. The smallest absolute Gasteiger partial charge is 0.0655 e. The predicted molar refractivity (Wildman–Crippen MR) is 57.7 cm³/mol. The summed E-state index contributed by atoms with van der Waals surface area (Å²) in [6, 6.07) is 6.06.